The van der Waals surface area contributed by atoms with Crippen LogP contribution in [0.25, 0.3) is 0 Å². The second-order valence-corrected chi connectivity index (χ2v) is 2.02. The number of nitrogens with zero attached hydrogens (tertiary/aromatic N) is 3. The first kappa shape index (κ1) is 15.5. The molecule has 0 unspecified atom stereocenters. The predicted molar refractivity (Wildman–Crippen MR) is 51.5 cm³/mol. The zero-order valence-corrected chi connectivity index (χ0v) is 7.94. The number of aromatic nitrogens is 1. The maximum Gasteiger partial charge on any atom is 0.354 e. The highest BCUT2D eigenvalue weighted by molar-refractivity contribution is 5.89. The van der Waals surface area contributed by atoms with Crippen molar-refractivity contribution in [3.63, 3.8) is 0 Å². The molecule has 0 saturated carbocycles. The van der Waals surface area contributed by atoms with Crippen LogP contribution in [0.5, 0.6) is 0 Å². The lowest BCUT2D eigenvalue weighted by Crippen LogP contribution is -2.06. The van der Waals surface area contributed by atoms with Gasteiger partial charge in [-0.1, -0.05) is 6.07 Å². The molecule has 0 aliphatic carbocycles. The van der Waals surface area contributed by atoms with E-state index in [0.717, 1.165) is 0 Å². The topological polar surface area (TPSA) is 135 Å². The van der Waals surface area contributed by atoms with Gasteiger partial charge in [0.1, 0.15) is 11.4 Å². The van der Waals surface area contributed by atoms with E-state index in [0.29, 0.717) is 0 Å². The number of pyridine rings is 1. The molecule has 82 valence electrons. The first-order chi connectivity index (χ1) is 7.61. The molecular weight excluding hydrogens is 214 g/mol. The summed E-state index contributed by atoms with van der Waals surface area (Å²) in [5.74, 6) is -2.48. The molecule has 0 amide bonds. The number of nitriles is 2. The maximum absolute atomic E-state index is 10.3. The molecule has 0 radical (unpaired) electrons. The first-order valence-electron chi connectivity index (χ1n) is 3.56. The van der Waals surface area contributed by atoms with Crippen molar-refractivity contribution in [2.24, 2.45) is 0 Å². The van der Waals surface area contributed by atoms with Gasteiger partial charge in [-0.15, -0.1) is 0 Å². The summed E-state index contributed by atoms with van der Waals surface area (Å²) in [5, 5.41) is 29.9. The SMILES string of the molecule is C#N.C#N.O=C(O)c1cccc(C(=O)O)n1. The molecule has 1 rings (SSSR count). The minimum absolute atomic E-state index is 0.269. The van der Waals surface area contributed by atoms with E-state index in [1.807, 2.05) is 0 Å². The first-order valence-corrected chi connectivity index (χ1v) is 3.56. The third-order valence-corrected chi connectivity index (χ3v) is 1.19. The van der Waals surface area contributed by atoms with Gasteiger partial charge in [-0.3, -0.25) is 0 Å². The molecule has 0 saturated heterocycles. The van der Waals surface area contributed by atoms with Crippen LogP contribution in [0.2, 0.25) is 0 Å². The molecule has 0 aliphatic rings. The number of aromatic carboxylic acids is 2. The van der Waals surface area contributed by atoms with Crippen LogP contribution in [-0.2, 0) is 0 Å². The summed E-state index contributed by atoms with van der Waals surface area (Å²) < 4.78 is 0. The van der Waals surface area contributed by atoms with E-state index >= 15 is 0 Å². The maximum atomic E-state index is 10.3. The summed E-state index contributed by atoms with van der Waals surface area (Å²) in [6.45, 7) is 7.00. The highest BCUT2D eigenvalue weighted by Gasteiger charge is 2.08. The van der Waals surface area contributed by atoms with Crippen molar-refractivity contribution < 1.29 is 19.8 Å². The smallest absolute Gasteiger partial charge is 0.354 e. The van der Waals surface area contributed by atoms with Crippen LogP contribution in [0.4, 0.5) is 0 Å². The van der Waals surface area contributed by atoms with E-state index < -0.39 is 11.9 Å². The van der Waals surface area contributed by atoms with E-state index in [-0.39, 0.29) is 11.4 Å². The normalized spacial score (nSPS) is 7.25. The lowest BCUT2D eigenvalue weighted by Gasteiger charge is -1.94. The Morgan fingerprint density at radius 2 is 1.31 bits per heavy atom. The Kier molecular flexibility index (Phi) is 8.41. The predicted octanol–water partition coefficient (Wildman–Crippen LogP) is 0.758. The van der Waals surface area contributed by atoms with Crippen LogP contribution in [0.1, 0.15) is 21.0 Å². The van der Waals surface area contributed by atoms with Gasteiger partial charge in [0, 0.05) is 13.1 Å². The van der Waals surface area contributed by atoms with Gasteiger partial charge in [0.25, 0.3) is 0 Å². The number of carboxylic acids is 2. The fourth-order valence-corrected chi connectivity index (χ4v) is 0.673. The Labute approximate surface area is 90.8 Å². The molecule has 1 heterocycles. The fourth-order valence-electron chi connectivity index (χ4n) is 0.673. The molecule has 0 aliphatic heterocycles. The molecule has 0 bridgehead atoms. The monoisotopic (exact) mass is 221 g/mol. The van der Waals surface area contributed by atoms with Crippen molar-refractivity contribution in [1.29, 1.82) is 10.5 Å². The van der Waals surface area contributed by atoms with Gasteiger partial charge in [0.05, 0.1) is 0 Å². The zero-order valence-electron chi connectivity index (χ0n) is 7.94. The highest BCUT2D eigenvalue weighted by atomic mass is 16.4. The van der Waals surface area contributed by atoms with E-state index in [9.17, 15) is 9.59 Å². The minimum atomic E-state index is -1.24. The van der Waals surface area contributed by atoms with E-state index in [2.05, 4.69) is 18.1 Å². The Balaban J connectivity index is 0. The van der Waals surface area contributed by atoms with E-state index in [4.69, 9.17) is 20.7 Å². The number of rotatable bonds is 2. The van der Waals surface area contributed by atoms with Gasteiger partial charge in [-0.05, 0) is 12.1 Å². The van der Waals surface area contributed by atoms with Gasteiger partial charge in [0.2, 0.25) is 0 Å². The largest absolute Gasteiger partial charge is 0.477 e. The van der Waals surface area contributed by atoms with Crippen LogP contribution in [0.3, 0.4) is 0 Å². The van der Waals surface area contributed by atoms with Crippen molar-refractivity contribution in [3.05, 3.63) is 29.6 Å². The van der Waals surface area contributed by atoms with Gasteiger partial charge in [-0.25, -0.2) is 25.1 Å². The van der Waals surface area contributed by atoms with Gasteiger partial charge < -0.3 is 10.2 Å². The minimum Gasteiger partial charge on any atom is -0.477 e. The second-order valence-electron chi connectivity index (χ2n) is 2.02. The van der Waals surface area contributed by atoms with Crippen molar-refractivity contribution >= 4 is 11.9 Å². The average Bonchev–Trinajstić information content (AvgIpc) is 2.34. The standard InChI is InChI=1S/C7H5NO4.2CHN/c9-6(10)4-2-1-3-5(8-4)7(11)12;2*1-2/h1-3H,(H,9,10)(H,11,12);2*1H. The zero-order chi connectivity index (χ0) is 13.1. The van der Waals surface area contributed by atoms with Crippen LogP contribution in [0.15, 0.2) is 18.2 Å². The van der Waals surface area contributed by atoms with E-state index in [1.165, 1.54) is 18.2 Å². The van der Waals surface area contributed by atoms with Gasteiger partial charge in [-0.2, -0.15) is 0 Å². The third kappa shape index (κ3) is 4.94. The van der Waals surface area contributed by atoms with Crippen LogP contribution in [-0.4, -0.2) is 27.1 Å². The molecule has 0 fully saturated rings. The molecule has 7 nitrogen and oxygen atoms in total. The number of hydrogen-bond donors (Lipinski definition) is 2. The second kappa shape index (κ2) is 8.66. The van der Waals surface area contributed by atoms with Gasteiger partial charge in [0.15, 0.2) is 0 Å². The number of carbonyl (C=O) groups is 2. The Hall–Kier alpha value is -2.93. The fraction of sp³-hybridized carbons (Fsp3) is 0. The summed E-state index contributed by atoms with van der Waals surface area (Å²) >= 11 is 0. The Bertz CT molecular complexity index is 376. The number of hydrogen-bond acceptors (Lipinski definition) is 5. The Morgan fingerprint density at radius 3 is 1.56 bits per heavy atom. The quantitative estimate of drug-likeness (QED) is 0.752. The summed E-state index contributed by atoms with van der Waals surface area (Å²) in [6.07, 6.45) is 0. The summed E-state index contributed by atoms with van der Waals surface area (Å²) in [7, 11) is 0. The molecule has 0 spiro atoms. The summed E-state index contributed by atoms with van der Waals surface area (Å²) in [4.78, 5) is 24.0. The lowest BCUT2D eigenvalue weighted by molar-refractivity contribution is 0.0685. The highest BCUT2D eigenvalue weighted by Crippen LogP contribution is 1.98. The molecule has 2 N–H and O–H groups in total. The molecule has 1 aromatic heterocycles. The van der Waals surface area contributed by atoms with Crippen molar-refractivity contribution in [3.8, 4) is 13.1 Å². The molecular formula is C9H7N3O4. The molecule has 0 aromatic carbocycles. The van der Waals surface area contributed by atoms with Crippen molar-refractivity contribution in [2.45, 2.75) is 0 Å². The Morgan fingerprint density at radius 1 is 1.00 bits per heavy atom. The molecule has 7 heteroatoms. The van der Waals surface area contributed by atoms with Crippen molar-refractivity contribution in [2.75, 3.05) is 0 Å². The van der Waals surface area contributed by atoms with Gasteiger partial charge >= 0.3 is 11.9 Å². The molecule has 1 aromatic rings. The van der Waals surface area contributed by atoms with Crippen LogP contribution >= 0.6 is 0 Å². The third-order valence-electron chi connectivity index (χ3n) is 1.19. The lowest BCUT2D eigenvalue weighted by atomic mass is 10.3. The summed E-state index contributed by atoms with van der Waals surface area (Å²) in [5.41, 5.74) is -0.537. The van der Waals surface area contributed by atoms with E-state index in [1.54, 1.807) is 0 Å². The van der Waals surface area contributed by atoms with Crippen LogP contribution < -0.4 is 0 Å². The molecule has 16 heavy (non-hydrogen) atoms. The number of carboxylic acid groups (broad SMARTS) is 2. The van der Waals surface area contributed by atoms with Crippen molar-refractivity contribution in [1.82, 2.24) is 4.98 Å². The average molecular weight is 221 g/mol. The molecule has 0 atom stereocenters. The van der Waals surface area contributed by atoms with Crippen LogP contribution in [0, 0.1) is 23.7 Å². The summed E-state index contributed by atoms with van der Waals surface area (Å²) in [6, 6.07) is 3.80.